The van der Waals surface area contributed by atoms with Gasteiger partial charge in [-0.2, -0.15) is 5.26 Å². The first-order valence-electron chi connectivity index (χ1n) is 5.17. The summed E-state index contributed by atoms with van der Waals surface area (Å²) in [4.78, 5) is 2.15. The van der Waals surface area contributed by atoms with E-state index in [1.807, 2.05) is 18.2 Å². The van der Waals surface area contributed by atoms with Crippen LogP contribution < -0.4 is 4.90 Å². The Kier molecular flexibility index (Phi) is 4.65. The number of aliphatic hydroxyl groups is 1. The molecule has 0 fully saturated rings. The van der Waals surface area contributed by atoms with Gasteiger partial charge in [0.25, 0.3) is 0 Å². The van der Waals surface area contributed by atoms with E-state index in [1.165, 1.54) is 0 Å². The predicted octanol–water partition coefficient (Wildman–Crippen LogP) is 1.77. The van der Waals surface area contributed by atoms with Crippen molar-refractivity contribution < 1.29 is 5.11 Å². The summed E-state index contributed by atoms with van der Waals surface area (Å²) < 4.78 is 0. The molecular formula is C12H16N2O. The van der Waals surface area contributed by atoms with Crippen LogP contribution in [0.1, 0.15) is 18.9 Å². The van der Waals surface area contributed by atoms with Crippen LogP contribution in [0.25, 0.3) is 0 Å². The molecule has 0 saturated carbocycles. The van der Waals surface area contributed by atoms with Crippen molar-refractivity contribution in [2.75, 3.05) is 24.6 Å². The molecule has 0 aliphatic rings. The summed E-state index contributed by atoms with van der Waals surface area (Å²) in [6.45, 7) is 3.97. The smallest absolute Gasteiger partial charge is 0.0992 e. The van der Waals surface area contributed by atoms with Gasteiger partial charge in [-0.25, -0.2) is 0 Å². The summed E-state index contributed by atoms with van der Waals surface area (Å²) in [6, 6.07) is 9.67. The zero-order valence-electron chi connectivity index (χ0n) is 8.98. The molecule has 0 atom stereocenters. The number of benzene rings is 1. The van der Waals surface area contributed by atoms with E-state index in [0.717, 1.165) is 25.2 Å². The van der Waals surface area contributed by atoms with E-state index in [4.69, 9.17) is 10.4 Å². The molecule has 0 aromatic heterocycles. The number of aliphatic hydroxyl groups excluding tert-OH is 1. The van der Waals surface area contributed by atoms with Crippen LogP contribution in [0.3, 0.4) is 0 Å². The first-order chi connectivity index (χ1) is 7.31. The lowest BCUT2D eigenvalue weighted by Gasteiger charge is -2.22. The average Bonchev–Trinajstić information content (AvgIpc) is 2.30. The van der Waals surface area contributed by atoms with Gasteiger partial charge < -0.3 is 10.0 Å². The highest BCUT2D eigenvalue weighted by Crippen LogP contribution is 2.15. The second-order valence-corrected chi connectivity index (χ2v) is 3.32. The van der Waals surface area contributed by atoms with Gasteiger partial charge in [0, 0.05) is 25.4 Å². The monoisotopic (exact) mass is 204 g/mol. The lowest BCUT2D eigenvalue weighted by molar-refractivity contribution is 0.289. The van der Waals surface area contributed by atoms with Crippen LogP contribution in [0.2, 0.25) is 0 Å². The van der Waals surface area contributed by atoms with E-state index >= 15 is 0 Å². The van der Waals surface area contributed by atoms with E-state index in [1.54, 1.807) is 6.07 Å². The number of nitriles is 1. The minimum Gasteiger partial charge on any atom is -0.396 e. The van der Waals surface area contributed by atoms with Crippen molar-refractivity contribution in [1.82, 2.24) is 0 Å². The van der Waals surface area contributed by atoms with Crippen molar-refractivity contribution in [3.8, 4) is 6.07 Å². The Morgan fingerprint density at radius 2 is 2.27 bits per heavy atom. The number of hydrogen-bond donors (Lipinski definition) is 1. The first-order valence-corrected chi connectivity index (χ1v) is 5.17. The van der Waals surface area contributed by atoms with Gasteiger partial charge in [-0.05, 0) is 31.5 Å². The van der Waals surface area contributed by atoms with Gasteiger partial charge in [-0.3, -0.25) is 0 Å². The Bertz CT molecular complexity index is 344. The van der Waals surface area contributed by atoms with Gasteiger partial charge in [0.05, 0.1) is 11.6 Å². The summed E-state index contributed by atoms with van der Waals surface area (Å²) in [5.41, 5.74) is 1.72. The fourth-order valence-electron chi connectivity index (χ4n) is 1.50. The molecule has 0 spiro atoms. The summed E-state index contributed by atoms with van der Waals surface area (Å²) in [7, 11) is 0. The summed E-state index contributed by atoms with van der Waals surface area (Å²) in [5, 5.41) is 17.6. The molecule has 3 heteroatoms. The van der Waals surface area contributed by atoms with Crippen LogP contribution in [-0.2, 0) is 0 Å². The molecule has 1 N–H and O–H groups in total. The van der Waals surface area contributed by atoms with Gasteiger partial charge in [-0.1, -0.05) is 6.07 Å². The van der Waals surface area contributed by atoms with Gasteiger partial charge in [-0.15, -0.1) is 0 Å². The highest BCUT2D eigenvalue weighted by molar-refractivity contribution is 5.51. The predicted molar refractivity (Wildman–Crippen MR) is 60.7 cm³/mol. The Balaban J connectivity index is 2.78. The Morgan fingerprint density at radius 3 is 2.87 bits per heavy atom. The van der Waals surface area contributed by atoms with Crippen molar-refractivity contribution >= 4 is 5.69 Å². The molecule has 80 valence electrons. The van der Waals surface area contributed by atoms with Crippen LogP contribution in [0.5, 0.6) is 0 Å². The maximum Gasteiger partial charge on any atom is 0.0992 e. The minimum absolute atomic E-state index is 0.203. The fourth-order valence-corrected chi connectivity index (χ4v) is 1.50. The van der Waals surface area contributed by atoms with Crippen LogP contribution in [0, 0.1) is 11.3 Å². The maximum absolute atomic E-state index is 8.78. The fraction of sp³-hybridized carbons (Fsp3) is 0.417. The van der Waals surface area contributed by atoms with Crippen molar-refractivity contribution in [3.63, 3.8) is 0 Å². The lowest BCUT2D eigenvalue weighted by Crippen LogP contribution is -2.24. The molecule has 1 aromatic rings. The Labute approximate surface area is 90.6 Å². The van der Waals surface area contributed by atoms with Crippen molar-refractivity contribution in [2.45, 2.75) is 13.3 Å². The third-order valence-corrected chi connectivity index (χ3v) is 2.31. The Hall–Kier alpha value is -1.53. The standard InChI is InChI=1S/C12H16N2O/c1-2-14(7-4-8-15)12-6-3-5-11(9-12)10-13/h3,5-6,9,15H,2,4,7-8H2,1H3. The van der Waals surface area contributed by atoms with Gasteiger partial charge in [0.2, 0.25) is 0 Å². The minimum atomic E-state index is 0.203. The number of anilines is 1. The average molecular weight is 204 g/mol. The molecule has 1 aromatic carbocycles. The molecule has 0 aliphatic carbocycles. The normalized spacial score (nSPS) is 9.67. The van der Waals surface area contributed by atoms with Crippen LogP contribution >= 0.6 is 0 Å². The Morgan fingerprint density at radius 1 is 1.47 bits per heavy atom. The van der Waals surface area contributed by atoms with Crippen LogP contribution in [0.15, 0.2) is 24.3 Å². The van der Waals surface area contributed by atoms with Gasteiger partial charge in [0.15, 0.2) is 0 Å². The van der Waals surface area contributed by atoms with E-state index in [2.05, 4.69) is 17.9 Å². The molecule has 0 bridgehead atoms. The number of hydrogen-bond acceptors (Lipinski definition) is 3. The highest BCUT2D eigenvalue weighted by atomic mass is 16.3. The molecular weight excluding hydrogens is 188 g/mol. The third-order valence-electron chi connectivity index (χ3n) is 2.31. The topological polar surface area (TPSA) is 47.3 Å². The first kappa shape index (κ1) is 11.5. The molecule has 0 heterocycles. The molecule has 15 heavy (non-hydrogen) atoms. The molecule has 3 nitrogen and oxygen atoms in total. The van der Waals surface area contributed by atoms with E-state index in [-0.39, 0.29) is 6.61 Å². The SMILES string of the molecule is CCN(CCCO)c1cccc(C#N)c1. The summed E-state index contributed by atoms with van der Waals surface area (Å²) in [6.07, 6.45) is 0.755. The molecule has 0 aliphatic heterocycles. The second-order valence-electron chi connectivity index (χ2n) is 3.32. The molecule has 0 radical (unpaired) electrons. The number of nitrogens with zero attached hydrogens (tertiary/aromatic N) is 2. The molecule has 0 unspecified atom stereocenters. The lowest BCUT2D eigenvalue weighted by atomic mass is 10.2. The van der Waals surface area contributed by atoms with Gasteiger partial charge in [0.1, 0.15) is 0 Å². The van der Waals surface area contributed by atoms with E-state index in [9.17, 15) is 0 Å². The van der Waals surface area contributed by atoms with Crippen molar-refractivity contribution in [2.24, 2.45) is 0 Å². The highest BCUT2D eigenvalue weighted by Gasteiger charge is 2.03. The zero-order chi connectivity index (χ0) is 11.1. The second kappa shape index (κ2) is 6.05. The summed E-state index contributed by atoms with van der Waals surface area (Å²) in [5.74, 6) is 0. The molecule has 0 saturated heterocycles. The largest absolute Gasteiger partial charge is 0.396 e. The quantitative estimate of drug-likeness (QED) is 0.795. The number of rotatable bonds is 5. The van der Waals surface area contributed by atoms with Gasteiger partial charge >= 0.3 is 0 Å². The van der Waals surface area contributed by atoms with Crippen molar-refractivity contribution in [1.29, 1.82) is 5.26 Å². The van der Waals surface area contributed by atoms with Crippen molar-refractivity contribution in [3.05, 3.63) is 29.8 Å². The maximum atomic E-state index is 8.78. The molecule has 0 amide bonds. The van der Waals surface area contributed by atoms with Crippen LogP contribution in [-0.4, -0.2) is 24.8 Å². The summed E-state index contributed by atoms with van der Waals surface area (Å²) >= 11 is 0. The van der Waals surface area contributed by atoms with E-state index < -0.39 is 0 Å². The van der Waals surface area contributed by atoms with Crippen LogP contribution in [0.4, 0.5) is 5.69 Å². The molecule has 1 rings (SSSR count). The van der Waals surface area contributed by atoms with E-state index in [0.29, 0.717) is 5.56 Å². The third kappa shape index (κ3) is 3.26. The zero-order valence-corrected chi connectivity index (χ0v) is 8.98.